The number of aryl methyl sites for hydroxylation is 1. The standard InChI is InChI=1S/C19H21N5/c1-15-21-10-11-24(15)14-17-7-5-6-16(12-17)13-22-19(20)23-18-8-3-2-4-9-18/h2-12H,13-14H2,1H3,(H3,20,22,23). The Kier molecular flexibility index (Phi) is 4.91. The molecule has 0 amide bonds. The number of guanidine groups is 1. The van der Waals surface area contributed by atoms with Crippen LogP contribution < -0.4 is 11.1 Å². The molecule has 0 radical (unpaired) electrons. The highest BCUT2D eigenvalue weighted by Crippen LogP contribution is 2.10. The number of aliphatic imine (C=N–C) groups is 1. The van der Waals surface area contributed by atoms with Crippen molar-refractivity contribution in [2.75, 3.05) is 5.32 Å². The van der Waals surface area contributed by atoms with E-state index in [0.717, 1.165) is 23.6 Å². The molecule has 5 nitrogen and oxygen atoms in total. The Hall–Kier alpha value is -3.08. The van der Waals surface area contributed by atoms with Crippen molar-refractivity contribution in [3.8, 4) is 0 Å². The van der Waals surface area contributed by atoms with E-state index in [9.17, 15) is 0 Å². The molecule has 1 aromatic heterocycles. The maximum atomic E-state index is 5.95. The van der Waals surface area contributed by atoms with Crippen molar-refractivity contribution in [3.63, 3.8) is 0 Å². The van der Waals surface area contributed by atoms with Crippen LogP contribution in [0.25, 0.3) is 0 Å². The lowest BCUT2D eigenvalue weighted by Gasteiger charge is -2.08. The minimum atomic E-state index is 0.414. The topological polar surface area (TPSA) is 68.2 Å². The van der Waals surface area contributed by atoms with E-state index in [4.69, 9.17) is 5.73 Å². The molecule has 24 heavy (non-hydrogen) atoms. The third-order valence-electron chi connectivity index (χ3n) is 3.75. The minimum Gasteiger partial charge on any atom is -0.370 e. The van der Waals surface area contributed by atoms with E-state index in [1.807, 2.05) is 55.7 Å². The zero-order chi connectivity index (χ0) is 16.8. The third kappa shape index (κ3) is 4.23. The Labute approximate surface area is 141 Å². The van der Waals surface area contributed by atoms with Crippen molar-refractivity contribution in [2.45, 2.75) is 20.0 Å². The zero-order valence-electron chi connectivity index (χ0n) is 13.7. The number of imidazole rings is 1. The smallest absolute Gasteiger partial charge is 0.193 e. The van der Waals surface area contributed by atoms with Gasteiger partial charge in [-0.2, -0.15) is 0 Å². The highest BCUT2D eigenvalue weighted by molar-refractivity contribution is 5.92. The van der Waals surface area contributed by atoms with Gasteiger partial charge in [0.25, 0.3) is 0 Å². The predicted octanol–water partition coefficient (Wildman–Crippen LogP) is 3.17. The molecule has 3 rings (SSSR count). The van der Waals surface area contributed by atoms with Gasteiger partial charge in [-0.3, -0.25) is 0 Å². The van der Waals surface area contributed by atoms with E-state index < -0.39 is 0 Å². The summed E-state index contributed by atoms with van der Waals surface area (Å²) in [6, 6.07) is 18.2. The molecule has 0 aliphatic rings. The second-order valence-corrected chi connectivity index (χ2v) is 5.61. The summed E-state index contributed by atoms with van der Waals surface area (Å²) in [6.07, 6.45) is 3.81. The highest BCUT2D eigenvalue weighted by atomic mass is 15.1. The van der Waals surface area contributed by atoms with Gasteiger partial charge in [0.15, 0.2) is 5.96 Å². The summed E-state index contributed by atoms with van der Waals surface area (Å²) in [5.74, 6) is 1.42. The molecule has 2 aromatic carbocycles. The molecule has 0 unspecified atom stereocenters. The fraction of sp³-hybridized carbons (Fsp3) is 0.158. The van der Waals surface area contributed by atoms with Crippen molar-refractivity contribution in [3.05, 3.63) is 83.9 Å². The number of nitrogens with zero attached hydrogens (tertiary/aromatic N) is 3. The normalized spacial score (nSPS) is 11.5. The Morgan fingerprint density at radius 1 is 1.12 bits per heavy atom. The molecule has 0 aliphatic heterocycles. The largest absolute Gasteiger partial charge is 0.370 e. The highest BCUT2D eigenvalue weighted by Gasteiger charge is 2.01. The van der Waals surface area contributed by atoms with E-state index in [1.165, 1.54) is 5.56 Å². The molecule has 0 spiro atoms. The predicted molar refractivity (Wildman–Crippen MR) is 97.9 cm³/mol. The molecule has 1 heterocycles. The van der Waals surface area contributed by atoms with Gasteiger partial charge in [-0.15, -0.1) is 0 Å². The summed E-state index contributed by atoms with van der Waals surface area (Å²) in [6.45, 7) is 3.35. The monoisotopic (exact) mass is 319 g/mol. The van der Waals surface area contributed by atoms with Crippen molar-refractivity contribution < 1.29 is 0 Å². The summed E-state index contributed by atoms with van der Waals surface area (Å²) < 4.78 is 2.12. The Balaban J connectivity index is 1.64. The van der Waals surface area contributed by atoms with Gasteiger partial charge in [0, 0.05) is 24.6 Å². The third-order valence-corrected chi connectivity index (χ3v) is 3.75. The lowest BCUT2D eigenvalue weighted by Crippen LogP contribution is -2.22. The van der Waals surface area contributed by atoms with Crippen LogP contribution in [0.3, 0.4) is 0 Å². The van der Waals surface area contributed by atoms with Crippen LogP contribution in [0.15, 0.2) is 72.0 Å². The first kappa shape index (κ1) is 15.8. The summed E-state index contributed by atoms with van der Waals surface area (Å²) in [5.41, 5.74) is 9.23. The number of benzene rings is 2. The summed E-state index contributed by atoms with van der Waals surface area (Å²) in [5, 5.41) is 3.09. The first-order valence-electron chi connectivity index (χ1n) is 7.88. The molecule has 0 bridgehead atoms. The lowest BCUT2D eigenvalue weighted by atomic mass is 10.1. The molecule has 3 aromatic rings. The van der Waals surface area contributed by atoms with Gasteiger partial charge in [-0.05, 0) is 30.2 Å². The Bertz CT molecular complexity index is 821. The van der Waals surface area contributed by atoms with Crippen LogP contribution in [0.1, 0.15) is 17.0 Å². The van der Waals surface area contributed by atoms with Gasteiger partial charge in [-0.1, -0.05) is 42.5 Å². The summed E-state index contributed by atoms with van der Waals surface area (Å²) in [7, 11) is 0. The molecular formula is C19H21N5. The summed E-state index contributed by atoms with van der Waals surface area (Å²) >= 11 is 0. The molecule has 3 N–H and O–H groups in total. The number of aromatic nitrogens is 2. The van der Waals surface area contributed by atoms with Crippen molar-refractivity contribution >= 4 is 11.6 Å². The van der Waals surface area contributed by atoms with Crippen LogP contribution in [-0.4, -0.2) is 15.5 Å². The maximum Gasteiger partial charge on any atom is 0.193 e. The molecule has 122 valence electrons. The first-order chi connectivity index (χ1) is 11.7. The van der Waals surface area contributed by atoms with Crippen molar-refractivity contribution in [2.24, 2.45) is 10.7 Å². The van der Waals surface area contributed by atoms with Crippen molar-refractivity contribution in [1.29, 1.82) is 0 Å². The average molecular weight is 319 g/mol. The number of hydrogen-bond donors (Lipinski definition) is 2. The Morgan fingerprint density at radius 2 is 1.92 bits per heavy atom. The second-order valence-electron chi connectivity index (χ2n) is 5.61. The second kappa shape index (κ2) is 7.46. The van der Waals surface area contributed by atoms with Gasteiger partial charge in [-0.25, -0.2) is 9.98 Å². The first-order valence-corrected chi connectivity index (χ1v) is 7.88. The zero-order valence-corrected chi connectivity index (χ0v) is 13.7. The molecule has 0 saturated heterocycles. The van der Waals surface area contributed by atoms with Crippen LogP contribution >= 0.6 is 0 Å². The minimum absolute atomic E-state index is 0.414. The molecular weight excluding hydrogens is 298 g/mol. The van der Waals surface area contributed by atoms with Gasteiger partial charge >= 0.3 is 0 Å². The van der Waals surface area contributed by atoms with Crippen LogP contribution in [0.5, 0.6) is 0 Å². The number of nitrogens with two attached hydrogens (primary N) is 1. The quantitative estimate of drug-likeness (QED) is 0.560. The molecule has 0 fully saturated rings. The van der Waals surface area contributed by atoms with Gasteiger partial charge in [0.1, 0.15) is 5.82 Å². The number of nitrogens with one attached hydrogen (secondary N) is 1. The lowest BCUT2D eigenvalue weighted by molar-refractivity contribution is 0.760. The molecule has 0 saturated carbocycles. The van der Waals surface area contributed by atoms with E-state index in [2.05, 4.69) is 38.1 Å². The number of hydrogen-bond acceptors (Lipinski definition) is 2. The van der Waals surface area contributed by atoms with E-state index in [-0.39, 0.29) is 0 Å². The fourth-order valence-corrected chi connectivity index (χ4v) is 2.48. The van der Waals surface area contributed by atoms with Crippen LogP contribution in [0, 0.1) is 6.92 Å². The number of para-hydroxylation sites is 1. The average Bonchev–Trinajstić information content (AvgIpc) is 2.99. The van der Waals surface area contributed by atoms with Gasteiger partial charge < -0.3 is 15.6 Å². The van der Waals surface area contributed by atoms with Gasteiger partial charge in [0.05, 0.1) is 6.54 Å². The van der Waals surface area contributed by atoms with Crippen LogP contribution in [0.4, 0.5) is 5.69 Å². The van der Waals surface area contributed by atoms with E-state index in [1.54, 1.807) is 0 Å². The van der Waals surface area contributed by atoms with Gasteiger partial charge in [0.2, 0.25) is 0 Å². The SMILES string of the molecule is Cc1nccn1Cc1cccc(CN=C(N)Nc2ccccc2)c1. The van der Waals surface area contributed by atoms with Crippen LogP contribution in [-0.2, 0) is 13.1 Å². The Morgan fingerprint density at radius 3 is 2.67 bits per heavy atom. The van der Waals surface area contributed by atoms with E-state index >= 15 is 0 Å². The van der Waals surface area contributed by atoms with Crippen molar-refractivity contribution in [1.82, 2.24) is 9.55 Å². The van der Waals surface area contributed by atoms with Crippen LogP contribution in [0.2, 0.25) is 0 Å². The van der Waals surface area contributed by atoms with E-state index in [0.29, 0.717) is 12.5 Å². The maximum absolute atomic E-state index is 5.95. The summed E-state index contributed by atoms with van der Waals surface area (Å²) in [4.78, 5) is 8.66. The number of anilines is 1. The fourth-order valence-electron chi connectivity index (χ4n) is 2.48. The molecule has 0 aliphatic carbocycles. The number of rotatable bonds is 5. The molecule has 5 heteroatoms. The molecule has 0 atom stereocenters.